The van der Waals surface area contributed by atoms with E-state index in [9.17, 15) is 5.11 Å². The molecule has 0 heterocycles. The van der Waals surface area contributed by atoms with E-state index in [1.165, 1.54) is 12.8 Å². The Labute approximate surface area is 171 Å². The minimum atomic E-state index is -0.735. The van der Waals surface area contributed by atoms with Gasteiger partial charge in [-0.2, -0.15) is 0 Å². The zero-order valence-corrected chi connectivity index (χ0v) is 18.5. The average Bonchev–Trinajstić information content (AvgIpc) is 2.63. The molecule has 0 aromatic heterocycles. The quantitative estimate of drug-likeness (QED) is 0.644. The van der Waals surface area contributed by atoms with E-state index in [4.69, 9.17) is 10.5 Å². The molecular weight excluding hydrogens is 402 g/mol. The Hall–Kier alpha value is -1.10. The number of aliphatic hydroxyl groups excluding tert-OH is 1. The molecule has 1 aliphatic carbocycles. The fourth-order valence-electron chi connectivity index (χ4n) is 4.04. The molecule has 1 fully saturated rings. The Morgan fingerprint density at radius 2 is 1.74 bits per heavy atom. The van der Waals surface area contributed by atoms with Crippen LogP contribution in [0.1, 0.15) is 58.9 Å². The fourth-order valence-corrected chi connectivity index (χ4v) is 4.62. The van der Waals surface area contributed by atoms with Crippen molar-refractivity contribution < 1.29 is 9.84 Å². The van der Waals surface area contributed by atoms with Crippen LogP contribution in [0.4, 0.5) is 0 Å². The second kappa shape index (κ2) is 7.73. The molecule has 1 aliphatic rings. The van der Waals surface area contributed by atoms with E-state index < -0.39 is 5.54 Å². The zero-order valence-electron chi connectivity index (χ0n) is 16.9. The predicted octanol–water partition coefficient (Wildman–Crippen LogP) is 5.75. The smallest absolute Gasteiger partial charge is 0.134 e. The van der Waals surface area contributed by atoms with Gasteiger partial charge in [0.05, 0.1) is 22.7 Å². The van der Waals surface area contributed by atoms with Crippen LogP contribution in [0.5, 0.6) is 5.75 Å². The van der Waals surface area contributed by atoms with Crippen molar-refractivity contribution in [2.75, 3.05) is 6.61 Å². The largest absolute Gasteiger partial charge is 0.489 e. The average molecular weight is 434 g/mol. The Morgan fingerprint density at radius 3 is 2.33 bits per heavy atom. The third-order valence-electron chi connectivity index (χ3n) is 6.10. The van der Waals surface area contributed by atoms with Crippen molar-refractivity contribution in [3.8, 4) is 5.75 Å². The van der Waals surface area contributed by atoms with Gasteiger partial charge in [0.1, 0.15) is 5.75 Å². The number of aliphatic hydroxyl groups is 1. The minimum Gasteiger partial charge on any atom is -0.489 e. The molecule has 0 saturated heterocycles. The summed E-state index contributed by atoms with van der Waals surface area (Å²) in [5, 5.41) is 11.7. The molecular formula is C23H32BrNO2. The molecule has 3 rings (SSSR count). The van der Waals surface area contributed by atoms with Gasteiger partial charge in [0, 0.05) is 0 Å². The van der Waals surface area contributed by atoms with Crippen LogP contribution in [0.15, 0.2) is 34.8 Å². The van der Waals surface area contributed by atoms with Crippen molar-refractivity contribution in [2.45, 2.75) is 65.0 Å². The normalized spacial score (nSPS) is 23.2. The molecule has 0 amide bonds. The van der Waals surface area contributed by atoms with Crippen LogP contribution < -0.4 is 10.5 Å². The van der Waals surface area contributed by atoms with Gasteiger partial charge in [0.15, 0.2) is 0 Å². The first-order valence-electron chi connectivity index (χ1n) is 9.91. The highest BCUT2D eigenvalue weighted by Gasteiger charge is 2.30. The predicted molar refractivity (Wildman–Crippen MR) is 116 cm³/mol. The van der Waals surface area contributed by atoms with Crippen molar-refractivity contribution in [3.63, 3.8) is 0 Å². The summed E-state index contributed by atoms with van der Waals surface area (Å²) in [5.74, 6) is 1.69. The SMILES string of the molecule is CC(C)(C)C1CCC(Oc2ccc3cc([C@@](C)(N)CO)ccc3c2Br)CC1. The molecule has 1 saturated carbocycles. The summed E-state index contributed by atoms with van der Waals surface area (Å²) in [6.45, 7) is 8.79. The van der Waals surface area contributed by atoms with Crippen LogP contribution >= 0.6 is 15.9 Å². The maximum atomic E-state index is 9.52. The van der Waals surface area contributed by atoms with E-state index in [2.05, 4.69) is 54.9 Å². The maximum absolute atomic E-state index is 9.52. The van der Waals surface area contributed by atoms with Crippen LogP contribution in [0.25, 0.3) is 10.8 Å². The molecule has 0 unspecified atom stereocenters. The van der Waals surface area contributed by atoms with Gasteiger partial charge in [-0.1, -0.05) is 39.0 Å². The third-order valence-corrected chi connectivity index (χ3v) is 6.92. The van der Waals surface area contributed by atoms with Crippen LogP contribution in [-0.4, -0.2) is 17.8 Å². The topological polar surface area (TPSA) is 55.5 Å². The number of benzene rings is 2. The number of hydrogen-bond acceptors (Lipinski definition) is 3. The molecule has 0 spiro atoms. The van der Waals surface area contributed by atoms with E-state index in [0.717, 1.165) is 45.3 Å². The van der Waals surface area contributed by atoms with E-state index in [1.54, 1.807) is 0 Å². The highest BCUT2D eigenvalue weighted by atomic mass is 79.9. The van der Waals surface area contributed by atoms with Crippen LogP contribution in [0.3, 0.4) is 0 Å². The number of ether oxygens (including phenoxy) is 1. The minimum absolute atomic E-state index is 0.0852. The summed E-state index contributed by atoms with van der Waals surface area (Å²) < 4.78 is 7.36. The van der Waals surface area contributed by atoms with Crippen LogP contribution in [-0.2, 0) is 5.54 Å². The Morgan fingerprint density at radius 1 is 1.07 bits per heavy atom. The van der Waals surface area contributed by atoms with Gasteiger partial charge in [0.2, 0.25) is 0 Å². The van der Waals surface area contributed by atoms with E-state index in [0.29, 0.717) is 11.5 Å². The number of nitrogens with two attached hydrogens (primary N) is 1. The second-order valence-corrected chi connectivity index (χ2v) is 10.1. The summed E-state index contributed by atoms with van der Waals surface area (Å²) in [6.07, 6.45) is 5.00. The summed E-state index contributed by atoms with van der Waals surface area (Å²) in [7, 11) is 0. The fraction of sp³-hybridized carbons (Fsp3) is 0.565. The van der Waals surface area contributed by atoms with E-state index in [1.807, 2.05) is 19.1 Å². The molecule has 0 bridgehead atoms. The number of rotatable bonds is 4. The molecule has 4 heteroatoms. The zero-order chi connectivity index (χ0) is 19.8. The lowest BCUT2D eigenvalue weighted by Gasteiger charge is -2.37. The van der Waals surface area contributed by atoms with E-state index in [-0.39, 0.29) is 6.61 Å². The lowest BCUT2D eigenvalue weighted by Crippen LogP contribution is -2.36. The maximum Gasteiger partial charge on any atom is 0.134 e. The first kappa shape index (κ1) is 20.6. The Kier molecular flexibility index (Phi) is 5.90. The highest BCUT2D eigenvalue weighted by molar-refractivity contribution is 9.10. The van der Waals surface area contributed by atoms with Gasteiger partial charge >= 0.3 is 0 Å². The van der Waals surface area contributed by atoms with Gasteiger partial charge in [-0.25, -0.2) is 0 Å². The third kappa shape index (κ3) is 4.49. The lowest BCUT2D eigenvalue weighted by atomic mass is 9.72. The first-order valence-corrected chi connectivity index (χ1v) is 10.7. The molecule has 0 aliphatic heterocycles. The molecule has 148 valence electrons. The molecule has 2 aromatic carbocycles. The van der Waals surface area contributed by atoms with Crippen molar-refractivity contribution >= 4 is 26.7 Å². The van der Waals surface area contributed by atoms with Gasteiger partial charge in [-0.05, 0) is 88.3 Å². The van der Waals surface area contributed by atoms with E-state index >= 15 is 0 Å². The highest BCUT2D eigenvalue weighted by Crippen LogP contribution is 2.40. The van der Waals surface area contributed by atoms with Gasteiger partial charge in [-0.15, -0.1) is 0 Å². The van der Waals surface area contributed by atoms with Gasteiger partial charge in [-0.3, -0.25) is 0 Å². The number of halogens is 1. The summed E-state index contributed by atoms with van der Waals surface area (Å²) >= 11 is 3.74. The molecule has 3 N–H and O–H groups in total. The molecule has 2 aromatic rings. The van der Waals surface area contributed by atoms with Crippen molar-refractivity contribution in [1.82, 2.24) is 0 Å². The van der Waals surface area contributed by atoms with Gasteiger partial charge in [0.25, 0.3) is 0 Å². The van der Waals surface area contributed by atoms with Gasteiger partial charge < -0.3 is 15.6 Å². The Bertz CT molecular complexity index is 802. The standard InChI is InChI=1S/C23H32BrNO2/c1-22(2,3)16-6-9-18(10-7-16)27-20-12-5-15-13-17(23(4,25)14-26)8-11-19(15)21(20)24/h5,8,11-13,16,18,26H,6-7,9-10,14,25H2,1-4H3/t16?,18?,23-/m0/s1. The monoisotopic (exact) mass is 433 g/mol. The summed E-state index contributed by atoms with van der Waals surface area (Å²) in [6, 6.07) is 10.2. The molecule has 3 nitrogen and oxygen atoms in total. The lowest BCUT2D eigenvalue weighted by molar-refractivity contribution is 0.0878. The molecule has 0 radical (unpaired) electrons. The van der Waals surface area contributed by atoms with Crippen molar-refractivity contribution in [3.05, 3.63) is 40.4 Å². The second-order valence-electron chi connectivity index (χ2n) is 9.35. The van der Waals surface area contributed by atoms with Crippen LogP contribution in [0, 0.1) is 11.3 Å². The summed E-state index contributed by atoms with van der Waals surface area (Å²) in [5.41, 5.74) is 6.76. The summed E-state index contributed by atoms with van der Waals surface area (Å²) in [4.78, 5) is 0. The van der Waals surface area contributed by atoms with Crippen molar-refractivity contribution in [1.29, 1.82) is 0 Å². The molecule has 27 heavy (non-hydrogen) atoms. The first-order chi connectivity index (χ1) is 12.6. The number of fused-ring (bicyclic) bond motifs is 1. The van der Waals surface area contributed by atoms with Crippen LogP contribution in [0.2, 0.25) is 0 Å². The number of hydrogen-bond donors (Lipinski definition) is 2. The van der Waals surface area contributed by atoms with Crippen molar-refractivity contribution in [2.24, 2.45) is 17.1 Å². The molecule has 1 atom stereocenters. The Balaban J connectivity index is 1.77.